The second-order valence-corrected chi connectivity index (χ2v) is 7.07. The van der Waals surface area contributed by atoms with Crippen LogP contribution < -0.4 is 0 Å². The van der Waals surface area contributed by atoms with Crippen LogP contribution in [0.25, 0.3) is 0 Å². The second-order valence-electron chi connectivity index (χ2n) is 7.07. The summed E-state index contributed by atoms with van der Waals surface area (Å²) in [4.78, 5) is 0. The number of allylic oxidation sites excluding steroid dienone is 3. The van der Waals surface area contributed by atoms with Crippen LogP contribution in [0.1, 0.15) is 63.5 Å². The Morgan fingerprint density at radius 2 is 1.67 bits per heavy atom. The number of rotatable bonds is 9. The van der Waals surface area contributed by atoms with Crippen molar-refractivity contribution in [3.05, 3.63) is 59.7 Å². The molecule has 24 heavy (non-hydrogen) atoms. The van der Waals surface area contributed by atoms with Gasteiger partial charge in [0.2, 0.25) is 0 Å². The van der Waals surface area contributed by atoms with Crippen molar-refractivity contribution in [3.63, 3.8) is 0 Å². The lowest BCUT2D eigenvalue weighted by molar-refractivity contribution is 0.125. The van der Waals surface area contributed by atoms with Crippen molar-refractivity contribution < 1.29 is 4.74 Å². The van der Waals surface area contributed by atoms with Crippen molar-refractivity contribution in [1.82, 2.24) is 0 Å². The molecule has 0 N–H and O–H groups in total. The third-order valence-electron chi connectivity index (χ3n) is 5.15. The molecule has 1 nitrogen and oxygen atoms in total. The largest absolute Gasteiger partial charge is 0.376 e. The third-order valence-corrected chi connectivity index (χ3v) is 5.15. The van der Waals surface area contributed by atoms with E-state index >= 15 is 0 Å². The molecule has 1 heteroatoms. The first-order valence-electron chi connectivity index (χ1n) is 9.71. The third kappa shape index (κ3) is 7.05. The maximum atomic E-state index is 5.69. The molecule has 0 radical (unpaired) electrons. The van der Waals surface area contributed by atoms with Gasteiger partial charge in [-0.1, -0.05) is 48.6 Å². The summed E-state index contributed by atoms with van der Waals surface area (Å²) < 4.78 is 5.69. The molecule has 132 valence electrons. The van der Waals surface area contributed by atoms with Crippen LogP contribution >= 0.6 is 0 Å². The van der Waals surface area contributed by atoms with Crippen molar-refractivity contribution in [3.8, 4) is 0 Å². The number of aryl methyl sites for hydroxylation is 1. The van der Waals surface area contributed by atoms with Crippen LogP contribution in [-0.2, 0) is 17.8 Å². The summed E-state index contributed by atoms with van der Waals surface area (Å²) in [5.41, 5.74) is 2.76. The molecular formula is C23H34O. The minimum atomic E-state index is 0.729. The van der Waals surface area contributed by atoms with Crippen molar-refractivity contribution in [2.24, 2.45) is 11.8 Å². The van der Waals surface area contributed by atoms with Crippen molar-refractivity contribution in [1.29, 1.82) is 0 Å². The second kappa shape index (κ2) is 11.3. The molecule has 0 amide bonds. The summed E-state index contributed by atoms with van der Waals surface area (Å²) in [6.07, 6.45) is 18.0. The van der Waals surface area contributed by atoms with E-state index in [1.54, 1.807) is 0 Å². The zero-order valence-corrected chi connectivity index (χ0v) is 15.5. The van der Waals surface area contributed by atoms with Crippen molar-refractivity contribution in [2.75, 3.05) is 6.61 Å². The summed E-state index contributed by atoms with van der Waals surface area (Å²) in [6.45, 7) is 5.73. The quantitative estimate of drug-likeness (QED) is 0.372. The zero-order chi connectivity index (χ0) is 17.0. The highest BCUT2D eigenvalue weighted by molar-refractivity contribution is 5.22. The van der Waals surface area contributed by atoms with Gasteiger partial charge in [0, 0.05) is 0 Å². The van der Waals surface area contributed by atoms with E-state index in [9.17, 15) is 0 Å². The van der Waals surface area contributed by atoms with Crippen LogP contribution in [0.5, 0.6) is 0 Å². The summed E-state index contributed by atoms with van der Waals surface area (Å²) in [7, 11) is 0. The summed E-state index contributed by atoms with van der Waals surface area (Å²) in [5.74, 6) is 1.78. The Labute approximate surface area is 148 Å². The SMILES string of the molecule is CC=CCCOCc1ccc(CCC2CCC(/C=C/C)CC2)cc1. The lowest BCUT2D eigenvalue weighted by Crippen LogP contribution is -2.13. The van der Waals surface area contributed by atoms with Gasteiger partial charge in [0.05, 0.1) is 13.2 Å². The van der Waals surface area contributed by atoms with Gasteiger partial charge in [-0.05, 0) is 81.8 Å². The molecule has 0 aliphatic heterocycles. The predicted octanol–water partition coefficient (Wildman–Crippen LogP) is 6.48. The van der Waals surface area contributed by atoms with E-state index < -0.39 is 0 Å². The van der Waals surface area contributed by atoms with Gasteiger partial charge in [0.15, 0.2) is 0 Å². The van der Waals surface area contributed by atoms with Gasteiger partial charge in [-0.3, -0.25) is 0 Å². The molecule has 1 aliphatic rings. The average Bonchev–Trinajstić information content (AvgIpc) is 2.62. The highest BCUT2D eigenvalue weighted by Gasteiger charge is 2.18. The fraction of sp³-hybridized carbons (Fsp3) is 0.565. The Kier molecular flexibility index (Phi) is 8.91. The molecule has 0 unspecified atom stereocenters. The molecular weight excluding hydrogens is 292 g/mol. The monoisotopic (exact) mass is 326 g/mol. The molecule has 1 aromatic carbocycles. The van der Waals surface area contributed by atoms with E-state index in [1.165, 1.54) is 49.7 Å². The Bertz CT molecular complexity index is 489. The zero-order valence-electron chi connectivity index (χ0n) is 15.5. The van der Waals surface area contributed by atoms with Crippen LogP contribution in [-0.4, -0.2) is 6.61 Å². The topological polar surface area (TPSA) is 9.23 Å². The molecule has 2 rings (SSSR count). The minimum absolute atomic E-state index is 0.729. The van der Waals surface area contributed by atoms with Crippen LogP contribution in [0.15, 0.2) is 48.6 Å². The molecule has 0 bridgehead atoms. The van der Waals surface area contributed by atoms with Gasteiger partial charge >= 0.3 is 0 Å². The number of hydrogen-bond donors (Lipinski definition) is 0. The van der Waals surface area contributed by atoms with Crippen LogP contribution in [0.3, 0.4) is 0 Å². The van der Waals surface area contributed by atoms with Gasteiger partial charge < -0.3 is 4.74 Å². The standard InChI is InChI=1S/C23H34O/c1-3-5-6-18-24-19-23-16-14-22(15-17-23)13-12-21-10-8-20(7-4-2)9-11-21/h3-5,7,14-17,20-21H,6,8-13,18-19H2,1-2H3/b5-3?,7-4+. The van der Waals surface area contributed by atoms with Crippen LogP contribution in [0.4, 0.5) is 0 Å². The highest BCUT2D eigenvalue weighted by Crippen LogP contribution is 2.32. The average molecular weight is 327 g/mol. The summed E-state index contributed by atoms with van der Waals surface area (Å²) in [6, 6.07) is 9.04. The summed E-state index contributed by atoms with van der Waals surface area (Å²) in [5, 5.41) is 0. The van der Waals surface area contributed by atoms with Gasteiger partial charge in [-0.15, -0.1) is 0 Å². The van der Waals surface area contributed by atoms with Crippen molar-refractivity contribution >= 4 is 0 Å². The number of benzene rings is 1. The molecule has 1 saturated carbocycles. The lowest BCUT2D eigenvalue weighted by Gasteiger charge is -2.26. The lowest BCUT2D eigenvalue weighted by atomic mass is 9.79. The van der Waals surface area contributed by atoms with Gasteiger partial charge in [0.1, 0.15) is 0 Å². The highest BCUT2D eigenvalue weighted by atomic mass is 16.5. The van der Waals surface area contributed by atoms with Crippen LogP contribution in [0.2, 0.25) is 0 Å². The van der Waals surface area contributed by atoms with E-state index in [-0.39, 0.29) is 0 Å². The van der Waals surface area contributed by atoms with Gasteiger partial charge in [0.25, 0.3) is 0 Å². The molecule has 0 heterocycles. The number of ether oxygens (including phenoxy) is 1. The smallest absolute Gasteiger partial charge is 0.0717 e. The maximum absolute atomic E-state index is 5.69. The van der Waals surface area contributed by atoms with E-state index in [2.05, 4.69) is 55.5 Å². The first-order valence-corrected chi connectivity index (χ1v) is 9.71. The van der Waals surface area contributed by atoms with Crippen LogP contribution in [0, 0.1) is 11.8 Å². The maximum Gasteiger partial charge on any atom is 0.0717 e. The Morgan fingerprint density at radius 3 is 2.33 bits per heavy atom. The minimum Gasteiger partial charge on any atom is -0.376 e. The summed E-state index contributed by atoms with van der Waals surface area (Å²) >= 11 is 0. The molecule has 1 aromatic rings. The molecule has 0 atom stereocenters. The fourth-order valence-electron chi connectivity index (χ4n) is 3.62. The molecule has 0 spiro atoms. The van der Waals surface area contributed by atoms with E-state index in [0.717, 1.165) is 31.5 Å². The Hall–Kier alpha value is -1.34. The molecule has 0 aromatic heterocycles. The van der Waals surface area contributed by atoms with Gasteiger partial charge in [-0.2, -0.15) is 0 Å². The first-order chi connectivity index (χ1) is 11.8. The Balaban J connectivity index is 1.65. The van der Waals surface area contributed by atoms with E-state index in [1.807, 2.05) is 6.92 Å². The molecule has 1 aliphatic carbocycles. The van der Waals surface area contributed by atoms with E-state index in [4.69, 9.17) is 4.74 Å². The van der Waals surface area contributed by atoms with E-state index in [0.29, 0.717) is 0 Å². The van der Waals surface area contributed by atoms with Crippen molar-refractivity contribution in [2.45, 2.75) is 65.4 Å². The number of hydrogen-bond acceptors (Lipinski definition) is 1. The molecule has 1 fully saturated rings. The predicted molar refractivity (Wildman–Crippen MR) is 104 cm³/mol. The fourth-order valence-corrected chi connectivity index (χ4v) is 3.62. The Morgan fingerprint density at radius 1 is 0.958 bits per heavy atom. The first kappa shape index (κ1) is 19.0. The van der Waals surface area contributed by atoms with Gasteiger partial charge in [-0.25, -0.2) is 0 Å². The normalized spacial score (nSPS) is 21.8. The molecule has 0 saturated heterocycles.